The van der Waals surface area contributed by atoms with Crippen LogP contribution in [0.2, 0.25) is 0 Å². The molecule has 1 aromatic heterocycles. The molecule has 198 valence electrons. The maximum absolute atomic E-state index is 13.0. The van der Waals surface area contributed by atoms with Crippen LogP contribution in [0.1, 0.15) is 50.9 Å². The number of esters is 1. The molecule has 1 N–H and O–H groups in total. The van der Waals surface area contributed by atoms with Gasteiger partial charge in [0, 0.05) is 43.7 Å². The van der Waals surface area contributed by atoms with E-state index in [1.54, 1.807) is 6.92 Å². The SMILES string of the molecule is CCOC(=O)c1c(NC(=O)c2ccc(S(=O)(=O)N(C)CC3CCCO3)cc2)sc2c1CCN(C)C2.Cl. The standard InChI is InChI=1S/C24H31N3O6S2.ClH/c1-4-32-24(29)21-19-11-12-26(2)15-20(19)34-23(21)25-22(28)16-7-9-18(10-8-16)35(30,31)27(3)14-17-6-5-13-33-17;/h7-10,17H,4-6,11-15H2,1-3H3,(H,25,28);1H. The van der Waals surface area contributed by atoms with E-state index in [0.29, 0.717) is 42.2 Å². The van der Waals surface area contributed by atoms with Crippen molar-refractivity contribution in [2.24, 2.45) is 0 Å². The van der Waals surface area contributed by atoms with Gasteiger partial charge in [-0.15, -0.1) is 23.7 Å². The molecular formula is C24H32ClN3O6S2. The third kappa shape index (κ3) is 6.09. The third-order valence-corrected chi connectivity index (χ3v) is 9.23. The van der Waals surface area contributed by atoms with Gasteiger partial charge >= 0.3 is 5.97 Å². The zero-order valence-electron chi connectivity index (χ0n) is 20.6. The number of ether oxygens (including phenoxy) is 2. The first kappa shape index (κ1) is 28.5. The Morgan fingerprint density at radius 1 is 1.28 bits per heavy atom. The Balaban J connectivity index is 0.00000361. The number of rotatable bonds is 8. The van der Waals surface area contributed by atoms with Crippen molar-refractivity contribution in [2.45, 2.75) is 43.7 Å². The predicted octanol–water partition coefficient (Wildman–Crippen LogP) is 3.39. The molecule has 2 aliphatic heterocycles. The van der Waals surface area contributed by atoms with Crippen molar-refractivity contribution in [1.82, 2.24) is 9.21 Å². The Morgan fingerprint density at radius 3 is 2.64 bits per heavy atom. The van der Waals surface area contributed by atoms with Crippen LogP contribution in [0.15, 0.2) is 29.2 Å². The average Bonchev–Trinajstić information content (AvgIpc) is 3.46. The quantitative estimate of drug-likeness (QED) is 0.496. The highest BCUT2D eigenvalue weighted by atomic mass is 35.5. The Bertz CT molecular complexity index is 1190. The van der Waals surface area contributed by atoms with E-state index < -0.39 is 21.9 Å². The normalized spacial score (nSPS) is 17.9. The number of carbonyl (C=O) groups excluding carboxylic acids is 2. The van der Waals surface area contributed by atoms with Crippen LogP contribution < -0.4 is 5.32 Å². The molecule has 1 fully saturated rings. The molecule has 9 nitrogen and oxygen atoms in total. The molecule has 1 atom stereocenters. The summed E-state index contributed by atoms with van der Waals surface area (Å²) in [4.78, 5) is 29.0. The van der Waals surface area contributed by atoms with Gasteiger partial charge in [-0.2, -0.15) is 4.31 Å². The van der Waals surface area contributed by atoms with E-state index in [1.165, 1.54) is 47.0 Å². The van der Waals surface area contributed by atoms with Crippen LogP contribution >= 0.6 is 23.7 Å². The Hall–Kier alpha value is -2.02. The molecular weight excluding hydrogens is 526 g/mol. The summed E-state index contributed by atoms with van der Waals surface area (Å²) in [7, 11) is -0.157. The highest BCUT2D eigenvalue weighted by Gasteiger charge is 2.29. The summed E-state index contributed by atoms with van der Waals surface area (Å²) in [6.07, 6.45) is 2.39. The summed E-state index contributed by atoms with van der Waals surface area (Å²) in [5.74, 6) is -0.861. The number of likely N-dealkylation sites (N-methyl/N-ethyl adjacent to an activating group) is 2. The van der Waals surface area contributed by atoms with E-state index in [4.69, 9.17) is 9.47 Å². The number of halogens is 1. The minimum Gasteiger partial charge on any atom is -0.462 e. The number of thiophene rings is 1. The lowest BCUT2D eigenvalue weighted by Gasteiger charge is -2.22. The van der Waals surface area contributed by atoms with Crippen LogP contribution in [-0.4, -0.2) is 76.0 Å². The van der Waals surface area contributed by atoms with Gasteiger partial charge in [-0.05, 0) is 63.1 Å². The predicted molar refractivity (Wildman–Crippen MR) is 141 cm³/mol. The average molecular weight is 558 g/mol. The zero-order valence-corrected chi connectivity index (χ0v) is 23.1. The van der Waals surface area contributed by atoms with E-state index in [1.807, 2.05) is 7.05 Å². The first-order valence-corrected chi connectivity index (χ1v) is 14.0. The molecule has 4 rings (SSSR count). The van der Waals surface area contributed by atoms with Crippen molar-refractivity contribution >= 4 is 50.6 Å². The molecule has 1 unspecified atom stereocenters. The monoisotopic (exact) mass is 557 g/mol. The summed E-state index contributed by atoms with van der Waals surface area (Å²) < 4.78 is 37.9. The minimum atomic E-state index is -3.70. The van der Waals surface area contributed by atoms with Crippen molar-refractivity contribution in [3.05, 3.63) is 45.8 Å². The number of hydrogen-bond donors (Lipinski definition) is 1. The molecule has 1 saturated heterocycles. The van der Waals surface area contributed by atoms with E-state index in [-0.39, 0.29) is 30.0 Å². The van der Waals surface area contributed by atoms with Gasteiger partial charge in [-0.25, -0.2) is 13.2 Å². The maximum atomic E-state index is 13.0. The number of nitrogens with one attached hydrogen (secondary N) is 1. The van der Waals surface area contributed by atoms with Gasteiger partial charge < -0.3 is 19.7 Å². The second-order valence-electron chi connectivity index (χ2n) is 8.82. The van der Waals surface area contributed by atoms with Crippen LogP contribution in [0.3, 0.4) is 0 Å². The van der Waals surface area contributed by atoms with E-state index in [9.17, 15) is 18.0 Å². The number of carbonyl (C=O) groups is 2. The number of hydrogen-bond acceptors (Lipinski definition) is 8. The lowest BCUT2D eigenvalue weighted by Crippen LogP contribution is -2.34. The van der Waals surface area contributed by atoms with Gasteiger partial charge in [0.1, 0.15) is 5.00 Å². The van der Waals surface area contributed by atoms with Crippen LogP contribution in [0.25, 0.3) is 0 Å². The molecule has 3 heterocycles. The summed E-state index contributed by atoms with van der Waals surface area (Å²) >= 11 is 1.38. The summed E-state index contributed by atoms with van der Waals surface area (Å²) in [6, 6.07) is 5.81. The molecule has 0 bridgehead atoms. The maximum Gasteiger partial charge on any atom is 0.341 e. The van der Waals surface area contributed by atoms with Crippen LogP contribution in [-0.2, 0) is 32.5 Å². The molecule has 0 radical (unpaired) electrons. The number of nitrogens with zero attached hydrogens (tertiary/aromatic N) is 2. The van der Waals surface area contributed by atoms with E-state index >= 15 is 0 Å². The second-order valence-corrected chi connectivity index (χ2v) is 12.0. The molecule has 0 spiro atoms. The lowest BCUT2D eigenvalue weighted by atomic mass is 10.0. The highest BCUT2D eigenvalue weighted by molar-refractivity contribution is 7.89. The summed E-state index contributed by atoms with van der Waals surface area (Å²) in [5.41, 5.74) is 1.64. The molecule has 2 aliphatic rings. The Morgan fingerprint density at radius 2 is 2.00 bits per heavy atom. The molecule has 1 amide bonds. The van der Waals surface area contributed by atoms with Crippen molar-refractivity contribution in [3.8, 4) is 0 Å². The van der Waals surface area contributed by atoms with Crippen LogP contribution in [0, 0.1) is 0 Å². The van der Waals surface area contributed by atoms with E-state index in [2.05, 4.69) is 10.2 Å². The number of anilines is 1. The molecule has 0 saturated carbocycles. The summed E-state index contributed by atoms with van der Waals surface area (Å²) in [6.45, 7) is 4.46. The van der Waals surface area contributed by atoms with Crippen molar-refractivity contribution < 1.29 is 27.5 Å². The second kappa shape index (κ2) is 12.0. The van der Waals surface area contributed by atoms with Gasteiger partial charge in [0.05, 0.1) is 23.2 Å². The smallest absolute Gasteiger partial charge is 0.341 e. The van der Waals surface area contributed by atoms with Gasteiger partial charge in [0.25, 0.3) is 5.91 Å². The Kier molecular flexibility index (Phi) is 9.53. The molecule has 12 heteroatoms. The summed E-state index contributed by atoms with van der Waals surface area (Å²) in [5, 5.41) is 3.31. The first-order valence-electron chi connectivity index (χ1n) is 11.7. The number of fused-ring (bicyclic) bond motifs is 1. The number of amides is 1. The third-order valence-electron chi connectivity index (χ3n) is 6.26. The van der Waals surface area contributed by atoms with Crippen molar-refractivity contribution in [2.75, 3.05) is 45.7 Å². The van der Waals surface area contributed by atoms with Crippen LogP contribution in [0.4, 0.5) is 5.00 Å². The first-order chi connectivity index (χ1) is 16.7. The molecule has 0 aliphatic carbocycles. The molecule has 1 aromatic carbocycles. The van der Waals surface area contributed by atoms with Gasteiger partial charge in [0.2, 0.25) is 10.0 Å². The number of benzene rings is 1. The minimum absolute atomic E-state index is 0. The largest absolute Gasteiger partial charge is 0.462 e. The fraction of sp³-hybridized carbons (Fsp3) is 0.500. The zero-order chi connectivity index (χ0) is 25.2. The van der Waals surface area contributed by atoms with Gasteiger partial charge in [0.15, 0.2) is 0 Å². The van der Waals surface area contributed by atoms with Crippen molar-refractivity contribution in [3.63, 3.8) is 0 Å². The molecule has 2 aromatic rings. The lowest BCUT2D eigenvalue weighted by molar-refractivity contribution is 0.0526. The van der Waals surface area contributed by atoms with Gasteiger partial charge in [-0.3, -0.25) is 4.79 Å². The highest BCUT2D eigenvalue weighted by Crippen LogP contribution is 2.37. The topological polar surface area (TPSA) is 105 Å². The van der Waals surface area contributed by atoms with Crippen molar-refractivity contribution in [1.29, 1.82) is 0 Å². The number of sulfonamides is 1. The fourth-order valence-corrected chi connectivity index (χ4v) is 6.86. The molecule has 36 heavy (non-hydrogen) atoms. The fourth-order valence-electron chi connectivity index (χ4n) is 4.35. The Labute approximate surface area is 222 Å². The van der Waals surface area contributed by atoms with Crippen LogP contribution in [0.5, 0.6) is 0 Å². The van der Waals surface area contributed by atoms with E-state index in [0.717, 1.165) is 29.8 Å². The van der Waals surface area contributed by atoms with Gasteiger partial charge in [-0.1, -0.05) is 0 Å².